The van der Waals surface area contributed by atoms with Gasteiger partial charge < -0.3 is 9.47 Å². The van der Waals surface area contributed by atoms with Crippen molar-refractivity contribution in [3.63, 3.8) is 0 Å². The fourth-order valence-electron chi connectivity index (χ4n) is 8.80. The number of nitrogens with zero attached hydrogens (tertiary/aromatic N) is 8. The molecular formula is C48H41F5N10O4S. The maximum absolute atomic E-state index is 15.9. The van der Waals surface area contributed by atoms with Gasteiger partial charge in [0.05, 0.1) is 58.4 Å². The lowest BCUT2D eigenvalue weighted by molar-refractivity contribution is 0.0931. The van der Waals surface area contributed by atoms with Crippen molar-refractivity contribution in [1.29, 1.82) is 0 Å². The monoisotopic (exact) mass is 948 g/mol. The van der Waals surface area contributed by atoms with Gasteiger partial charge in [0, 0.05) is 23.6 Å². The Balaban J connectivity index is 0.974. The molecule has 8 aromatic rings. The average molecular weight is 949 g/mol. The molecule has 0 aliphatic carbocycles. The number of nitrogens with one attached hydrogen (secondary N) is 2. The Morgan fingerprint density at radius 3 is 2.10 bits per heavy atom. The number of carbonyl (C=O) groups is 2. The number of hydrogen-bond acceptors (Lipinski definition) is 11. The van der Waals surface area contributed by atoms with Gasteiger partial charge in [0.15, 0.2) is 23.0 Å². The smallest absolute Gasteiger partial charge is 0.292 e. The van der Waals surface area contributed by atoms with Crippen LogP contribution in [0.4, 0.5) is 33.3 Å². The standard InChI is InChI=1S/C48H41F5N10O4S/c1-23(2)42-41(54-55-45-37(25(5)56-62(42)45)39-29(50)9-8-10-30(39)51)46(64)58-61-16-18-67-36-20-26(13-14-34(36)61)19-32-38(28-21-27(49)22-31(52)40(28)53)48-63(57-32)43(24(3)4)44(68-48)47(65)59-60-15-17-66-35-12-7-6-11-33(35)60/h6-14,20-24H,15-19H2,1-5H3,(H,58,64)(H,59,65). The van der Waals surface area contributed by atoms with Crippen LogP contribution in [0.1, 0.15) is 88.0 Å². The van der Waals surface area contributed by atoms with E-state index in [2.05, 4.69) is 26.1 Å². The van der Waals surface area contributed by atoms with E-state index in [1.165, 1.54) is 10.6 Å². The van der Waals surface area contributed by atoms with E-state index in [4.69, 9.17) is 14.6 Å². The number of hydrazine groups is 2. The van der Waals surface area contributed by atoms with Gasteiger partial charge in [-0.25, -0.2) is 31.0 Å². The van der Waals surface area contributed by atoms with Crippen LogP contribution in [0.25, 0.3) is 32.7 Å². The van der Waals surface area contributed by atoms with Gasteiger partial charge in [0.2, 0.25) is 0 Å². The first-order valence-electron chi connectivity index (χ1n) is 21.7. The third-order valence-corrected chi connectivity index (χ3v) is 12.9. The van der Waals surface area contributed by atoms with Gasteiger partial charge in [0.25, 0.3) is 11.8 Å². The zero-order chi connectivity index (χ0) is 47.7. The summed E-state index contributed by atoms with van der Waals surface area (Å²) in [4.78, 5) is 28.8. The molecule has 2 N–H and O–H groups in total. The molecule has 10 rings (SSSR count). The van der Waals surface area contributed by atoms with Gasteiger partial charge in [-0.05, 0) is 66.8 Å². The van der Waals surface area contributed by atoms with Crippen LogP contribution in [0.15, 0.2) is 72.8 Å². The fraction of sp³-hybridized carbons (Fsp3) is 0.250. The molecule has 20 heteroatoms. The summed E-state index contributed by atoms with van der Waals surface area (Å²) in [5, 5.41) is 21.2. The molecular weight excluding hydrogens is 908 g/mol. The van der Waals surface area contributed by atoms with Gasteiger partial charge in [-0.3, -0.25) is 30.5 Å². The highest BCUT2D eigenvalue weighted by Gasteiger charge is 2.32. The number of benzene rings is 4. The molecule has 2 aliphatic rings. The largest absolute Gasteiger partial charge is 0.489 e. The summed E-state index contributed by atoms with van der Waals surface area (Å²) >= 11 is 1.04. The van der Waals surface area contributed by atoms with Crippen molar-refractivity contribution in [2.24, 2.45) is 0 Å². The van der Waals surface area contributed by atoms with Crippen LogP contribution < -0.4 is 30.3 Å². The summed E-state index contributed by atoms with van der Waals surface area (Å²) in [5.41, 5.74) is 8.74. The molecule has 0 bridgehead atoms. The first-order valence-corrected chi connectivity index (χ1v) is 22.5. The second-order valence-electron chi connectivity index (χ2n) is 17.0. The molecule has 0 spiro atoms. The summed E-state index contributed by atoms with van der Waals surface area (Å²) in [6, 6.07) is 17.4. The van der Waals surface area contributed by atoms with Crippen LogP contribution in [0.3, 0.4) is 0 Å². The van der Waals surface area contributed by atoms with Crippen molar-refractivity contribution in [2.75, 3.05) is 36.3 Å². The van der Waals surface area contributed by atoms with E-state index in [-0.39, 0.29) is 75.6 Å². The summed E-state index contributed by atoms with van der Waals surface area (Å²) < 4.78 is 90.5. The van der Waals surface area contributed by atoms with E-state index < -0.39 is 40.9 Å². The highest BCUT2D eigenvalue weighted by atomic mass is 32.1. The molecule has 0 fully saturated rings. The highest BCUT2D eigenvalue weighted by molar-refractivity contribution is 7.20. The number of fused-ring (bicyclic) bond motifs is 4. The molecule has 14 nitrogen and oxygen atoms in total. The van der Waals surface area contributed by atoms with E-state index in [1.807, 2.05) is 45.9 Å². The molecule has 0 atom stereocenters. The van der Waals surface area contributed by atoms with Crippen molar-refractivity contribution in [3.05, 3.63) is 141 Å². The Morgan fingerprint density at radius 2 is 1.38 bits per heavy atom. The fourth-order valence-corrected chi connectivity index (χ4v) is 10.1. The van der Waals surface area contributed by atoms with Gasteiger partial charge >= 0.3 is 0 Å². The third kappa shape index (κ3) is 7.57. The summed E-state index contributed by atoms with van der Waals surface area (Å²) in [6.07, 6.45) is 0.0450. The molecule has 0 saturated carbocycles. The number of ether oxygens (including phenoxy) is 2. The number of para-hydroxylation sites is 2. The summed E-state index contributed by atoms with van der Waals surface area (Å²) in [5.74, 6) is -5.91. The molecule has 2 amide bonds. The van der Waals surface area contributed by atoms with Gasteiger partial charge in [-0.1, -0.05) is 52.0 Å². The Labute approximate surface area is 388 Å². The first-order chi connectivity index (χ1) is 32.7. The molecule has 68 heavy (non-hydrogen) atoms. The van der Waals surface area contributed by atoms with Gasteiger partial charge in [-0.15, -0.1) is 21.5 Å². The molecule has 0 unspecified atom stereocenters. The molecule has 2 aliphatic heterocycles. The minimum atomic E-state index is -1.38. The zero-order valence-electron chi connectivity index (χ0n) is 37.1. The number of anilines is 2. The Hall–Kier alpha value is -7.61. The van der Waals surface area contributed by atoms with Crippen molar-refractivity contribution < 1.29 is 41.0 Å². The minimum absolute atomic E-state index is 0.0450. The summed E-state index contributed by atoms with van der Waals surface area (Å²) in [6.45, 7) is 10.1. The first kappa shape index (κ1) is 44.2. The predicted octanol–water partition coefficient (Wildman–Crippen LogP) is 9.10. The topological polar surface area (TPSA) is 144 Å². The van der Waals surface area contributed by atoms with Crippen molar-refractivity contribution in [1.82, 2.24) is 40.3 Å². The van der Waals surface area contributed by atoms with Crippen molar-refractivity contribution >= 4 is 45.0 Å². The van der Waals surface area contributed by atoms with Crippen molar-refractivity contribution in [3.8, 4) is 33.8 Å². The third-order valence-electron chi connectivity index (χ3n) is 11.8. The molecule has 348 valence electrons. The van der Waals surface area contributed by atoms with Crippen LogP contribution in [0, 0.1) is 36.0 Å². The number of thiazole rings is 1. The number of aryl methyl sites for hydroxylation is 1. The summed E-state index contributed by atoms with van der Waals surface area (Å²) in [7, 11) is 0. The molecule has 0 radical (unpaired) electrons. The van der Waals surface area contributed by atoms with E-state index in [9.17, 15) is 27.2 Å². The molecule has 4 aromatic heterocycles. The zero-order valence-corrected chi connectivity index (χ0v) is 37.9. The van der Waals surface area contributed by atoms with E-state index in [1.54, 1.807) is 45.7 Å². The average Bonchev–Trinajstić information content (AvgIpc) is 3.96. The van der Waals surface area contributed by atoms with Crippen LogP contribution in [0.5, 0.6) is 11.5 Å². The number of hydrogen-bond donors (Lipinski definition) is 2. The van der Waals surface area contributed by atoms with E-state index in [0.717, 1.165) is 29.5 Å². The van der Waals surface area contributed by atoms with E-state index in [0.29, 0.717) is 69.6 Å². The normalized spacial score (nSPS) is 13.5. The number of halogens is 5. The SMILES string of the molecule is Cc1nn2c(C(C)C)c(C(=O)NN3CCOc4cc(Cc5nn6c(C(C)C)c(C(=O)NN7CCOc8ccccc87)sc6c5-c5cc(F)cc(F)c5F)ccc43)nnc2c1-c1c(F)cccc1F. The highest BCUT2D eigenvalue weighted by Crippen LogP contribution is 2.42. The lowest BCUT2D eigenvalue weighted by Crippen LogP contribution is -2.47. The molecule has 4 aromatic carbocycles. The van der Waals surface area contributed by atoms with Crippen LogP contribution in [0.2, 0.25) is 0 Å². The second kappa shape index (κ2) is 17.2. The Bertz CT molecular complexity index is 3330. The Morgan fingerprint density at radius 1 is 0.706 bits per heavy atom. The van der Waals surface area contributed by atoms with Gasteiger partial charge in [0.1, 0.15) is 51.9 Å². The number of rotatable bonds is 10. The number of amides is 2. The van der Waals surface area contributed by atoms with Crippen LogP contribution in [-0.2, 0) is 6.42 Å². The van der Waals surface area contributed by atoms with Gasteiger partial charge in [-0.2, -0.15) is 10.2 Å². The maximum Gasteiger partial charge on any atom is 0.292 e. The quantitative estimate of drug-likeness (QED) is 0.101. The lowest BCUT2D eigenvalue weighted by Gasteiger charge is -2.31. The maximum atomic E-state index is 15.9. The lowest BCUT2D eigenvalue weighted by atomic mass is 10.00. The minimum Gasteiger partial charge on any atom is -0.489 e. The van der Waals surface area contributed by atoms with Crippen LogP contribution >= 0.6 is 11.3 Å². The number of aromatic nitrogens is 6. The Kier molecular flexibility index (Phi) is 11.2. The van der Waals surface area contributed by atoms with Crippen LogP contribution in [-0.4, -0.2) is 67.5 Å². The second-order valence-corrected chi connectivity index (χ2v) is 18.0. The van der Waals surface area contributed by atoms with E-state index >= 15 is 4.39 Å². The van der Waals surface area contributed by atoms with Crippen molar-refractivity contribution in [2.45, 2.75) is 52.9 Å². The predicted molar refractivity (Wildman–Crippen MR) is 244 cm³/mol. The molecule has 0 saturated heterocycles. The number of carbonyl (C=O) groups excluding carboxylic acids is 2. The molecule has 6 heterocycles.